The minimum absolute atomic E-state index is 0.0762. The Bertz CT molecular complexity index is 1020. The summed E-state index contributed by atoms with van der Waals surface area (Å²) < 4.78 is 14.4. The average molecular weight is 428 g/mol. The maximum atomic E-state index is 12.8. The Morgan fingerprint density at radius 3 is 2.43 bits per heavy atom. The first-order chi connectivity index (χ1) is 14.5. The summed E-state index contributed by atoms with van der Waals surface area (Å²) in [6.45, 7) is 4.82. The Labute approximate surface area is 181 Å². The first-order valence-corrected chi connectivity index (χ1v) is 11.2. The number of amides is 1. The van der Waals surface area contributed by atoms with E-state index in [4.69, 9.17) is 9.47 Å². The standard InChI is InChI=1S/C23H29N3O3S/c1-15-20(28-3)11-16(12-21(15)29-4)23(27)24-17-5-8-26(9-6-17)14-18-13-22-19(25(18)2)7-10-30-22/h7,10-13,17H,5-6,8-9,14H2,1-4H3,(H,24,27). The molecule has 3 aromatic rings. The summed E-state index contributed by atoms with van der Waals surface area (Å²) in [5.41, 5.74) is 4.12. The van der Waals surface area contributed by atoms with E-state index in [0.29, 0.717) is 17.1 Å². The molecule has 1 aliphatic rings. The summed E-state index contributed by atoms with van der Waals surface area (Å²) in [5.74, 6) is 1.25. The lowest BCUT2D eigenvalue weighted by molar-refractivity contribution is 0.0907. The fourth-order valence-electron chi connectivity index (χ4n) is 4.20. The molecule has 1 aliphatic heterocycles. The zero-order valence-electron chi connectivity index (χ0n) is 18.0. The Kier molecular flexibility index (Phi) is 6.01. The van der Waals surface area contributed by atoms with Gasteiger partial charge in [0.25, 0.3) is 5.91 Å². The lowest BCUT2D eigenvalue weighted by atomic mass is 10.0. The van der Waals surface area contributed by atoms with Gasteiger partial charge in [-0.15, -0.1) is 11.3 Å². The first kappa shape index (κ1) is 20.8. The average Bonchev–Trinajstić information content (AvgIpc) is 3.32. The van der Waals surface area contributed by atoms with Crippen molar-refractivity contribution >= 4 is 27.5 Å². The summed E-state index contributed by atoms with van der Waals surface area (Å²) in [6, 6.07) is 8.23. The number of nitrogens with one attached hydrogen (secondary N) is 1. The van der Waals surface area contributed by atoms with Crippen molar-refractivity contribution in [2.45, 2.75) is 32.4 Å². The van der Waals surface area contributed by atoms with Gasteiger partial charge in [-0.25, -0.2) is 0 Å². The highest BCUT2D eigenvalue weighted by Crippen LogP contribution is 2.30. The maximum absolute atomic E-state index is 12.8. The third kappa shape index (κ3) is 4.04. The number of hydrogen-bond acceptors (Lipinski definition) is 5. The number of aryl methyl sites for hydroxylation is 1. The number of ether oxygens (including phenoxy) is 2. The molecule has 1 fully saturated rings. The van der Waals surface area contributed by atoms with Crippen molar-refractivity contribution < 1.29 is 14.3 Å². The van der Waals surface area contributed by atoms with Crippen LogP contribution in [-0.2, 0) is 13.6 Å². The van der Waals surface area contributed by atoms with Gasteiger partial charge < -0.3 is 19.4 Å². The molecular weight excluding hydrogens is 398 g/mol. The van der Waals surface area contributed by atoms with Gasteiger partial charge >= 0.3 is 0 Å². The van der Waals surface area contributed by atoms with Gasteiger partial charge in [0, 0.05) is 49.5 Å². The van der Waals surface area contributed by atoms with Crippen LogP contribution in [0.2, 0.25) is 0 Å². The minimum atomic E-state index is -0.0762. The van der Waals surface area contributed by atoms with E-state index in [-0.39, 0.29) is 11.9 Å². The van der Waals surface area contributed by atoms with E-state index < -0.39 is 0 Å². The van der Waals surface area contributed by atoms with Crippen LogP contribution in [0.5, 0.6) is 11.5 Å². The Morgan fingerprint density at radius 2 is 1.83 bits per heavy atom. The molecule has 3 heterocycles. The van der Waals surface area contributed by atoms with Crippen molar-refractivity contribution in [1.29, 1.82) is 0 Å². The predicted octanol–water partition coefficient (Wildman–Crippen LogP) is 3.96. The highest BCUT2D eigenvalue weighted by molar-refractivity contribution is 7.17. The highest BCUT2D eigenvalue weighted by atomic mass is 32.1. The molecule has 6 nitrogen and oxygen atoms in total. The topological polar surface area (TPSA) is 55.7 Å². The fraction of sp³-hybridized carbons (Fsp3) is 0.435. The Hall–Kier alpha value is -2.51. The third-order valence-electron chi connectivity index (χ3n) is 6.09. The molecule has 0 radical (unpaired) electrons. The third-order valence-corrected chi connectivity index (χ3v) is 6.94. The van der Waals surface area contributed by atoms with Gasteiger partial charge in [-0.05, 0) is 49.4 Å². The summed E-state index contributed by atoms with van der Waals surface area (Å²) in [6.07, 6.45) is 1.90. The summed E-state index contributed by atoms with van der Waals surface area (Å²) in [7, 11) is 5.35. The van der Waals surface area contributed by atoms with Gasteiger partial charge in [0.15, 0.2) is 0 Å². The number of hydrogen-bond donors (Lipinski definition) is 1. The van der Waals surface area contributed by atoms with Crippen molar-refractivity contribution in [2.24, 2.45) is 7.05 Å². The van der Waals surface area contributed by atoms with Crippen LogP contribution in [0.4, 0.5) is 0 Å². The van der Waals surface area contributed by atoms with Gasteiger partial charge in [-0.3, -0.25) is 9.69 Å². The molecule has 1 amide bonds. The monoisotopic (exact) mass is 427 g/mol. The van der Waals surface area contributed by atoms with Crippen LogP contribution in [0.1, 0.15) is 34.5 Å². The smallest absolute Gasteiger partial charge is 0.251 e. The fourth-order valence-corrected chi connectivity index (χ4v) is 5.08. The number of benzene rings is 1. The molecule has 0 aliphatic carbocycles. The van der Waals surface area contributed by atoms with Crippen LogP contribution in [0.3, 0.4) is 0 Å². The normalized spacial score (nSPS) is 15.5. The van der Waals surface area contributed by atoms with Gasteiger partial charge in [-0.1, -0.05) is 0 Å². The van der Waals surface area contributed by atoms with E-state index in [2.05, 4.69) is 39.3 Å². The van der Waals surface area contributed by atoms with Gasteiger partial charge in [0.2, 0.25) is 0 Å². The predicted molar refractivity (Wildman–Crippen MR) is 121 cm³/mol. The number of methoxy groups -OCH3 is 2. The van der Waals surface area contributed by atoms with Gasteiger partial charge in [-0.2, -0.15) is 0 Å². The molecule has 0 atom stereocenters. The number of likely N-dealkylation sites (tertiary alicyclic amines) is 1. The molecule has 30 heavy (non-hydrogen) atoms. The minimum Gasteiger partial charge on any atom is -0.496 e. The zero-order chi connectivity index (χ0) is 21.3. The van der Waals surface area contributed by atoms with Crippen LogP contribution >= 0.6 is 11.3 Å². The molecule has 1 aromatic carbocycles. The Morgan fingerprint density at radius 1 is 1.17 bits per heavy atom. The van der Waals surface area contributed by atoms with E-state index in [1.807, 2.05) is 6.92 Å². The van der Waals surface area contributed by atoms with Gasteiger partial charge in [0.1, 0.15) is 11.5 Å². The molecule has 0 spiro atoms. The quantitative estimate of drug-likeness (QED) is 0.647. The van der Waals surface area contributed by atoms with Crippen LogP contribution in [0, 0.1) is 6.92 Å². The summed E-state index contributed by atoms with van der Waals surface area (Å²) in [5, 5.41) is 5.33. The van der Waals surface area contributed by atoms with E-state index in [1.165, 1.54) is 15.9 Å². The van der Waals surface area contributed by atoms with Crippen LogP contribution in [0.15, 0.2) is 29.6 Å². The lowest BCUT2D eigenvalue weighted by Gasteiger charge is -2.32. The second-order valence-electron chi connectivity index (χ2n) is 7.89. The van der Waals surface area contributed by atoms with Crippen LogP contribution < -0.4 is 14.8 Å². The molecule has 0 bridgehead atoms. The number of carbonyl (C=O) groups is 1. The first-order valence-electron chi connectivity index (χ1n) is 10.3. The number of nitrogens with zero attached hydrogens (tertiary/aromatic N) is 2. The van der Waals surface area contributed by atoms with Crippen molar-refractivity contribution in [2.75, 3.05) is 27.3 Å². The van der Waals surface area contributed by atoms with Crippen LogP contribution in [0.25, 0.3) is 10.2 Å². The number of thiophene rings is 1. The SMILES string of the molecule is COc1cc(C(=O)NC2CCN(Cc3cc4sccc4n3C)CC2)cc(OC)c1C. The van der Waals surface area contributed by atoms with Crippen molar-refractivity contribution in [1.82, 2.24) is 14.8 Å². The van der Waals surface area contributed by atoms with E-state index in [9.17, 15) is 4.79 Å². The van der Waals surface area contributed by atoms with E-state index in [0.717, 1.165) is 38.0 Å². The number of rotatable bonds is 6. The van der Waals surface area contributed by atoms with E-state index >= 15 is 0 Å². The zero-order valence-corrected chi connectivity index (χ0v) is 18.8. The molecular formula is C23H29N3O3S. The second kappa shape index (κ2) is 8.70. The molecule has 4 rings (SSSR count). The number of fused-ring (bicyclic) bond motifs is 1. The Balaban J connectivity index is 1.35. The van der Waals surface area contributed by atoms with Crippen molar-refractivity contribution in [3.05, 3.63) is 46.5 Å². The molecule has 7 heteroatoms. The molecule has 2 aromatic heterocycles. The largest absolute Gasteiger partial charge is 0.496 e. The highest BCUT2D eigenvalue weighted by Gasteiger charge is 2.23. The van der Waals surface area contributed by atoms with Crippen molar-refractivity contribution in [3.63, 3.8) is 0 Å². The van der Waals surface area contributed by atoms with Crippen LogP contribution in [-0.4, -0.2) is 48.7 Å². The van der Waals surface area contributed by atoms with E-state index in [1.54, 1.807) is 37.7 Å². The number of carbonyl (C=O) groups excluding carboxylic acids is 1. The molecule has 160 valence electrons. The molecule has 0 unspecified atom stereocenters. The molecule has 0 saturated carbocycles. The molecule has 1 saturated heterocycles. The molecule has 1 N–H and O–H groups in total. The number of piperidine rings is 1. The second-order valence-corrected chi connectivity index (χ2v) is 8.84. The summed E-state index contributed by atoms with van der Waals surface area (Å²) >= 11 is 1.79. The maximum Gasteiger partial charge on any atom is 0.251 e. The number of aromatic nitrogens is 1. The van der Waals surface area contributed by atoms with Gasteiger partial charge in [0.05, 0.1) is 24.4 Å². The summed E-state index contributed by atoms with van der Waals surface area (Å²) in [4.78, 5) is 15.3. The lowest BCUT2D eigenvalue weighted by Crippen LogP contribution is -2.44. The van der Waals surface area contributed by atoms with Crippen molar-refractivity contribution in [3.8, 4) is 11.5 Å².